The molecule has 2 aliphatic heterocycles. The topological polar surface area (TPSA) is 66.3 Å². The van der Waals surface area contributed by atoms with E-state index in [1.54, 1.807) is 11.0 Å². The Morgan fingerprint density at radius 2 is 1.96 bits per heavy atom. The van der Waals surface area contributed by atoms with Gasteiger partial charge in [0, 0.05) is 37.9 Å². The van der Waals surface area contributed by atoms with Crippen molar-refractivity contribution in [3.8, 4) is 5.69 Å². The maximum absolute atomic E-state index is 12.6. The van der Waals surface area contributed by atoms with Crippen LogP contribution in [0.4, 0.5) is 10.5 Å². The van der Waals surface area contributed by atoms with E-state index in [-0.39, 0.29) is 6.03 Å². The van der Waals surface area contributed by atoms with Crippen LogP contribution in [-0.4, -0.2) is 74.3 Å². The third kappa shape index (κ3) is 4.02. The Kier molecular flexibility index (Phi) is 5.40. The smallest absolute Gasteiger partial charge is 0.321 e. The minimum Gasteiger partial charge on any atom is -0.322 e. The first kappa shape index (κ1) is 17.4. The maximum atomic E-state index is 12.6. The summed E-state index contributed by atoms with van der Waals surface area (Å²) < 4.78 is 1.68. The van der Waals surface area contributed by atoms with Crippen molar-refractivity contribution in [2.24, 2.45) is 0 Å². The van der Waals surface area contributed by atoms with Crippen LogP contribution in [0.1, 0.15) is 12.8 Å². The van der Waals surface area contributed by atoms with Crippen LogP contribution in [0, 0.1) is 0 Å². The fraction of sp³-hybridized carbons (Fsp3) is 0.500. The Bertz CT molecular complexity index is 723. The van der Waals surface area contributed by atoms with Gasteiger partial charge in [-0.25, -0.2) is 14.5 Å². The molecule has 1 N–H and O–H groups in total. The highest BCUT2D eigenvalue weighted by atomic mass is 32.2. The number of benzene rings is 1. The zero-order valence-corrected chi connectivity index (χ0v) is 15.6. The third-order valence-electron chi connectivity index (χ3n) is 5.09. The first-order chi connectivity index (χ1) is 12.8. The van der Waals surface area contributed by atoms with E-state index in [9.17, 15) is 4.79 Å². The lowest BCUT2D eigenvalue weighted by Gasteiger charge is -2.40. The lowest BCUT2D eigenvalue weighted by atomic mass is 10.1. The molecule has 0 saturated carbocycles. The Morgan fingerprint density at radius 1 is 1.15 bits per heavy atom. The van der Waals surface area contributed by atoms with Crippen LogP contribution < -0.4 is 5.32 Å². The number of rotatable bonds is 3. The molecule has 8 heteroatoms. The van der Waals surface area contributed by atoms with E-state index in [2.05, 4.69) is 32.1 Å². The van der Waals surface area contributed by atoms with Crippen LogP contribution in [0.15, 0.2) is 36.9 Å². The molecule has 4 rings (SSSR count). The predicted molar refractivity (Wildman–Crippen MR) is 104 cm³/mol. The first-order valence-electron chi connectivity index (χ1n) is 9.12. The van der Waals surface area contributed by atoms with Gasteiger partial charge in [0.05, 0.1) is 5.69 Å². The van der Waals surface area contributed by atoms with Crippen molar-refractivity contribution >= 4 is 23.5 Å². The number of hydrogen-bond donors (Lipinski definition) is 1. The van der Waals surface area contributed by atoms with Crippen molar-refractivity contribution in [2.45, 2.75) is 18.9 Å². The van der Waals surface area contributed by atoms with Crippen molar-refractivity contribution in [3.05, 3.63) is 36.9 Å². The average molecular weight is 372 g/mol. The lowest BCUT2D eigenvalue weighted by molar-refractivity contribution is 0.108. The highest BCUT2D eigenvalue weighted by Gasteiger charge is 2.27. The number of urea groups is 1. The minimum absolute atomic E-state index is 0.0282. The molecule has 0 aliphatic carbocycles. The molecule has 26 heavy (non-hydrogen) atoms. The fourth-order valence-electron chi connectivity index (χ4n) is 3.61. The quantitative estimate of drug-likeness (QED) is 0.896. The van der Waals surface area contributed by atoms with Gasteiger partial charge in [0.25, 0.3) is 0 Å². The van der Waals surface area contributed by atoms with E-state index >= 15 is 0 Å². The van der Waals surface area contributed by atoms with Gasteiger partial charge in [-0.1, -0.05) is 6.07 Å². The molecular formula is C18H24N6OS. The zero-order valence-electron chi connectivity index (χ0n) is 14.8. The van der Waals surface area contributed by atoms with Gasteiger partial charge in [0.2, 0.25) is 0 Å². The van der Waals surface area contributed by atoms with Gasteiger partial charge in [-0.05, 0) is 42.5 Å². The fourth-order valence-corrected chi connectivity index (χ4v) is 4.69. The summed E-state index contributed by atoms with van der Waals surface area (Å²) in [5.74, 6) is 2.54. The lowest BCUT2D eigenvalue weighted by Crippen LogP contribution is -2.53. The van der Waals surface area contributed by atoms with E-state index < -0.39 is 0 Å². The number of aromatic nitrogens is 3. The number of nitrogens with zero attached hydrogens (tertiary/aromatic N) is 5. The molecule has 0 spiro atoms. The molecule has 2 amide bonds. The molecule has 3 heterocycles. The SMILES string of the molecule is O=C(Nc1cccc(-n2cncn2)c1)N1CCN(C2CCSCC2)CC1. The second-order valence-corrected chi connectivity index (χ2v) is 7.91. The van der Waals surface area contributed by atoms with E-state index in [1.165, 1.54) is 30.7 Å². The van der Waals surface area contributed by atoms with Crippen molar-refractivity contribution in [1.82, 2.24) is 24.6 Å². The monoisotopic (exact) mass is 372 g/mol. The molecule has 1 aromatic heterocycles. The molecule has 0 radical (unpaired) electrons. The molecule has 7 nitrogen and oxygen atoms in total. The Hall–Kier alpha value is -2.06. The first-order valence-corrected chi connectivity index (χ1v) is 10.3. The van der Waals surface area contributed by atoms with Crippen LogP contribution in [0.3, 0.4) is 0 Å². The second kappa shape index (κ2) is 8.09. The highest BCUT2D eigenvalue weighted by Crippen LogP contribution is 2.23. The summed E-state index contributed by atoms with van der Waals surface area (Å²) in [5.41, 5.74) is 1.65. The van der Waals surface area contributed by atoms with Crippen LogP contribution >= 0.6 is 11.8 Å². The minimum atomic E-state index is -0.0282. The number of amides is 2. The normalized spacial score (nSPS) is 19.5. The van der Waals surface area contributed by atoms with Gasteiger partial charge in [-0.15, -0.1) is 0 Å². The molecule has 138 valence electrons. The number of thioether (sulfide) groups is 1. The summed E-state index contributed by atoms with van der Waals surface area (Å²) >= 11 is 2.06. The van der Waals surface area contributed by atoms with E-state index in [4.69, 9.17) is 0 Å². The summed E-state index contributed by atoms with van der Waals surface area (Å²) in [5, 5.41) is 7.14. The standard InChI is InChI=1S/C18H24N6OS/c25-18(21-15-2-1-3-17(12-15)24-14-19-13-20-24)23-8-6-22(7-9-23)16-4-10-26-11-5-16/h1-3,12-14,16H,4-11H2,(H,21,25). The number of hydrogen-bond acceptors (Lipinski definition) is 5. The molecule has 2 saturated heterocycles. The van der Waals surface area contributed by atoms with E-state index in [1.807, 2.05) is 29.2 Å². The van der Waals surface area contributed by atoms with Crippen LogP contribution in [0.5, 0.6) is 0 Å². The van der Waals surface area contributed by atoms with Gasteiger partial charge in [0.15, 0.2) is 0 Å². The van der Waals surface area contributed by atoms with Crippen molar-refractivity contribution in [2.75, 3.05) is 43.0 Å². The number of piperazine rings is 1. The number of anilines is 1. The number of nitrogens with one attached hydrogen (secondary N) is 1. The van der Waals surface area contributed by atoms with E-state index in [0.717, 1.165) is 37.6 Å². The van der Waals surface area contributed by atoms with Gasteiger partial charge in [0.1, 0.15) is 12.7 Å². The molecule has 2 fully saturated rings. The van der Waals surface area contributed by atoms with Crippen molar-refractivity contribution in [1.29, 1.82) is 0 Å². The number of carbonyl (C=O) groups excluding carboxylic acids is 1. The predicted octanol–water partition coefficient (Wildman–Crippen LogP) is 2.31. The molecule has 0 unspecified atom stereocenters. The summed E-state index contributed by atoms with van der Waals surface area (Å²) in [6.45, 7) is 3.53. The largest absolute Gasteiger partial charge is 0.322 e. The maximum Gasteiger partial charge on any atom is 0.321 e. The molecule has 0 atom stereocenters. The van der Waals surface area contributed by atoms with Crippen molar-refractivity contribution in [3.63, 3.8) is 0 Å². The summed E-state index contributed by atoms with van der Waals surface area (Å²) in [4.78, 5) is 21.0. The molecule has 0 bridgehead atoms. The summed E-state index contributed by atoms with van der Waals surface area (Å²) in [7, 11) is 0. The second-order valence-electron chi connectivity index (χ2n) is 6.69. The molecule has 1 aromatic carbocycles. The molecular weight excluding hydrogens is 348 g/mol. The van der Waals surface area contributed by atoms with Crippen LogP contribution in [0.2, 0.25) is 0 Å². The third-order valence-corrected chi connectivity index (χ3v) is 6.14. The Morgan fingerprint density at radius 3 is 2.69 bits per heavy atom. The van der Waals surface area contributed by atoms with E-state index in [0.29, 0.717) is 6.04 Å². The summed E-state index contributed by atoms with van der Waals surface area (Å²) in [6.07, 6.45) is 5.71. The molecule has 2 aromatic rings. The van der Waals surface area contributed by atoms with Crippen LogP contribution in [-0.2, 0) is 0 Å². The van der Waals surface area contributed by atoms with Gasteiger partial charge < -0.3 is 10.2 Å². The average Bonchev–Trinajstić information content (AvgIpc) is 3.24. The van der Waals surface area contributed by atoms with Crippen LogP contribution in [0.25, 0.3) is 5.69 Å². The Balaban J connectivity index is 1.32. The van der Waals surface area contributed by atoms with Gasteiger partial charge >= 0.3 is 6.03 Å². The van der Waals surface area contributed by atoms with Gasteiger partial charge in [-0.2, -0.15) is 16.9 Å². The van der Waals surface area contributed by atoms with Crippen molar-refractivity contribution < 1.29 is 4.79 Å². The summed E-state index contributed by atoms with van der Waals surface area (Å²) in [6, 6.07) is 8.33. The van der Waals surface area contributed by atoms with Gasteiger partial charge in [-0.3, -0.25) is 4.90 Å². The zero-order chi connectivity index (χ0) is 17.8. The molecule has 2 aliphatic rings. The number of carbonyl (C=O) groups is 1. The Labute approximate surface area is 157 Å². The highest BCUT2D eigenvalue weighted by molar-refractivity contribution is 7.99.